The van der Waals surface area contributed by atoms with Gasteiger partial charge in [-0.25, -0.2) is 4.39 Å². The van der Waals surface area contributed by atoms with Crippen LogP contribution in [0.15, 0.2) is 42.5 Å². The van der Waals surface area contributed by atoms with E-state index in [0.29, 0.717) is 17.5 Å². The second-order valence-corrected chi connectivity index (χ2v) is 8.38. The van der Waals surface area contributed by atoms with Crippen LogP contribution < -0.4 is 26.4 Å². The third-order valence-electron chi connectivity index (χ3n) is 6.06. The average Bonchev–Trinajstić information content (AvgIpc) is 3.31. The van der Waals surface area contributed by atoms with Crippen LogP contribution >= 0.6 is 0 Å². The fourth-order valence-corrected chi connectivity index (χ4v) is 4.20. The smallest absolute Gasteiger partial charge is 0.309 e. The number of nitrogens with two attached hydrogens (primary N) is 1. The molecule has 182 valence electrons. The molecule has 0 spiro atoms. The molecule has 1 saturated carbocycles. The summed E-state index contributed by atoms with van der Waals surface area (Å²) in [6.07, 6.45) is 3.98. The minimum absolute atomic E-state index is 0.122. The molecule has 1 aliphatic rings. The number of carbonyl (C=O) groups is 3. The number of hydrogen-bond donors (Lipinski definition) is 4. The fourth-order valence-electron chi connectivity index (χ4n) is 4.20. The molecule has 2 atom stereocenters. The highest BCUT2D eigenvalue weighted by Crippen LogP contribution is 2.34. The van der Waals surface area contributed by atoms with Gasteiger partial charge >= 0.3 is 11.8 Å². The molecule has 3 amide bonds. The van der Waals surface area contributed by atoms with Gasteiger partial charge in [-0.05, 0) is 73.5 Å². The number of rotatable bonds is 10. The number of carbonyl (C=O) groups excluding carboxylic acids is 3. The zero-order chi connectivity index (χ0) is 24.5. The van der Waals surface area contributed by atoms with Crippen molar-refractivity contribution in [2.24, 2.45) is 5.73 Å². The predicted octanol–water partition coefficient (Wildman–Crippen LogP) is 1.63. The maximum atomic E-state index is 13.5. The van der Waals surface area contributed by atoms with Gasteiger partial charge in [-0.3, -0.25) is 14.4 Å². The maximum absolute atomic E-state index is 13.5. The lowest BCUT2D eigenvalue weighted by Gasteiger charge is -2.14. The lowest BCUT2D eigenvalue weighted by Crippen LogP contribution is -2.40. The summed E-state index contributed by atoms with van der Waals surface area (Å²) in [5.74, 6) is -1.83. The molecular weight excluding hydrogens is 439 g/mol. The molecule has 0 saturated heterocycles. The fraction of sp³-hybridized carbons (Fsp3) is 0.400. The lowest BCUT2D eigenvalue weighted by molar-refractivity contribution is -0.137. The van der Waals surface area contributed by atoms with Gasteiger partial charge in [-0.1, -0.05) is 18.2 Å². The Morgan fingerprint density at radius 1 is 1.03 bits per heavy atom. The minimum Gasteiger partial charge on any atom is -0.494 e. The van der Waals surface area contributed by atoms with Crippen LogP contribution in [0.25, 0.3) is 0 Å². The Labute approximate surface area is 198 Å². The molecule has 0 aliphatic heterocycles. The number of primary amides is 1. The Bertz CT molecular complexity index is 1010. The molecular formula is C25H31FN4O4. The lowest BCUT2D eigenvalue weighted by atomic mass is 9.96. The van der Waals surface area contributed by atoms with Gasteiger partial charge in [0.25, 0.3) is 5.91 Å². The molecule has 1 fully saturated rings. The highest BCUT2D eigenvalue weighted by Gasteiger charge is 2.25. The topological polar surface area (TPSA) is 123 Å². The summed E-state index contributed by atoms with van der Waals surface area (Å²) in [6, 6.07) is 13.0. The molecule has 8 nitrogen and oxygen atoms in total. The van der Waals surface area contributed by atoms with Crippen molar-refractivity contribution in [3.05, 3.63) is 65.0 Å². The van der Waals surface area contributed by atoms with Crippen LogP contribution in [0, 0.1) is 5.82 Å². The molecule has 2 aromatic rings. The first-order chi connectivity index (χ1) is 16.4. The van der Waals surface area contributed by atoms with Gasteiger partial charge in [0.2, 0.25) is 0 Å². The van der Waals surface area contributed by atoms with E-state index in [1.807, 2.05) is 12.1 Å². The van der Waals surface area contributed by atoms with Crippen molar-refractivity contribution in [3.63, 3.8) is 0 Å². The summed E-state index contributed by atoms with van der Waals surface area (Å²) in [6.45, 7) is 1.13. The monoisotopic (exact) mass is 470 g/mol. The van der Waals surface area contributed by atoms with E-state index < -0.39 is 11.8 Å². The molecule has 0 bridgehead atoms. The molecule has 0 unspecified atom stereocenters. The standard InChI is InChI=1S/C25H31FN4O4/c1-34-22-14-16(2-9-21(22)26)10-11-28-20-8-7-19(15-20)17-3-5-18(6-4-17)24(32)29-12-13-30-25(33)23(27)31/h2-6,9,14,19-20,28H,7-8,10-13,15H2,1H3,(H2,27,31)(H,29,32)(H,30,33)/t19-,20+/m1/s1. The van der Waals surface area contributed by atoms with E-state index in [-0.39, 0.29) is 30.6 Å². The van der Waals surface area contributed by atoms with Crippen LogP contribution in [0.3, 0.4) is 0 Å². The second-order valence-electron chi connectivity index (χ2n) is 8.38. The predicted molar refractivity (Wildman–Crippen MR) is 126 cm³/mol. The number of ether oxygens (including phenoxy) is 1. The Kier molecular flexibility index (Phi) is 8.98. The normalized spacial score (nSPS) is 17.2. The highest BCUT2D eigenvalue weighted by molar-refractivity contribution is 6.34. The van der Waals surface area contributed by atoms with Gasteiger partial charge in [0.1, 0.15) is 0 Å². The number of amides is 3. The minimum atomic E-state index is -1.06. The average molecular weight is 471 g/mol. The Morgan fingerprint density at radius 3 is 2.47 bits per heavy atom. The second kappa shape index (κ2) is 12.1. The first kappa shape index (κ1) is 25.2. The summed E-state index contributed by atoms with van der Waals surface area (Å²) in [4.78, 5) is 34.0. The van der Waals surface area contributed by atoms with E-state index in [1.54, 1.807) is 24.3 Å². The Balaban J connectivity index is 1.40. The molecule has 0 heterocycles. The molecule has 9 heteroatoms. The quantitative estimate of drug-likeness (QED) is 0.311. The zero-order valence-electron chi connectivity index (χ0n) is 19.2. The maximum Gasteiger partial charge on any atom is 0.309 e. The van der Waals surface area contributed by atoms with E-state index >= 15 is 0 Å². The number of hydrogen-bond acceptors (Lipinski definition) is 5. The van der Waals surface area contributed by atoms with Crippen molar-refractivity contribution in [2.75, 3.05) is 26.7 Å². The number of nitrogens with one attached hydrogen (secondary N) is 3. The van der Waals surface area contributed by atoms with Crippen molar-refractivity contribution in [3.8, 4) is 5.75 Å². The first-order valence-corrected chi connectivity index (χ1v) is 11.4. The Hall–Kier alpha value is -3.46. The van der Waals surface area contributed by atoms with Crippen LogP contribution in [0.2, 0.25) is 0 Å². The molecule has 0 radical (unpaired) electrons. The van der Waals surface area contributed by atoms with Gasteiger partial charge < -0.3 is 26.4 Å². The number of methoxy groups -OCH3 is 1. The molecule has 0 aromatic heterocycles. The molecule has 3 rings (SSSR count). The molecule has 34 heavy (non-hydrogen) atoms. The third kappa shape index (κ3) is 7.02. The van der Waals surface area contributed by atoms with Gasteiger partial charge in [0.15, 0.2) is 11.6 Å². The van der Waals surface area contributed by atoms with Crippen LogP contribution in [0.5, 0.6) is 5.75 Å². The van der Waals surface area contributed by atoms with Crippen molar-refractivity contribution >= 4 is 17.7 Å². The molecule has 2 aromatic carbocycles. The van der Waals surface area contributed by atoms with E-state index in [0.717, 1.165) is 37.8 Å². The summed E-state index contributed by atoms with van der Waals surface area (Å²) in [5, 5.41) is 8.60. The van der Waals surface area contributed by atoms with Crippen molar-refractivity contribution in [1.29, 1.82) is 0 Å². The van der Waals surface area contributed by atoms with Crippen molar-refractivity contribution in [1.82, 2.24) is 16.0 Å². The van der Waals surface area contributed by atoms with Crippen LogP contribution in [0.1, 0.15) is 46.7 Å². The van der Waals surface area contributed by atoms with Gasteiger partial charge in [0.05, 0.1) is 7.11 Å². The van der Waals surface area contributed by atoms with E-state index in [4.69, 9.17) is 10.5 Å². The largest absolute Gasteiger partial charge is 0.494 e. The van der Waals surface area contributed by atoms with Crippen LogP contribution in [-0.2, 0) is 16.0 Å². The third-order valence-corrected chi connectivity index (χ3v) is 6.06. The van der Waals surface area contributed by atoms with Gasteiger partial charge in [-0.15, -0.1) is 0 Å². The van der Waals surface area contributed by atoms with Gasteiger partial charge in [0, 0.05) is 24.7 Å². The van der Waals surface area contributed by atoms with Crippen LogP contribution in [0.4, 0.5) is 4.39 Å². The number of benzene rings is 2. The SMILES string of the molecule is COc1cc(CCN[C@H]2CC[C@@H](c3ccc(C(=O)NCCNC(=O)C(N)=O)cc3)C2)ccc1F. The summed E-state index contributed by atoms with van der Waals surface area (Å²) >= 11 is 0. The van der Waals surface area contributed by atoms with Gasteiger partial charge in [-0.2, -0.15) is 0 Å². The zero-order valence-corrected chi connectivity index (χ0v) is 19.2. The summed E-state index contributed by atoms with van der Waals surface area (Å²) in [7, 11) is 1.47. The number of halogens is 1. The molecule has 1 aliphatic carbocycles. The van der Waals surface area contributed by atoms with E-state index in [2.05, 4.69) is 16.0 Å². The first-order valence-electron chi connectivity index (χ1n) is 11.4. The Morgan fingerprint density at radius 2 is 1.76 bits per heavy atom. The van der Waals surface area contributed by atoms with E-state index in [9.17, 15) is 18.8 Å². The summed E-state index contributed by atoms with van der Waals surface area (Å²) < 4.78 is 18.6. The van der Waals surface area contributed by atoms with Crippen molar-refractivity contribution in [2.45, 2.75) is 37.6 Å². The van der Waals surface area contributed by atoms with E-state index in [1.165, 1.54) is 18.7 Å². The van der Waals surface area contributed by atoms with Crippen molar-refractivity contribution < 1.29 is 23.5 Å². The molecule has 5 N–H and O–H groups in total. The summed E-state index contributed by atoms with van der Waals surface area (Å²) in [5.41, 5.74) is 7.62. The highest BCUT2D eigenvalue weighted by atomic mass is 19.1. The van der Waals surface area contributed by atoms with Crippen LogP contribution in [-0.4, -0.2) is 50.5 Å².